The topological polar surface area (TPSA) is 53.7 Å². The standard InChI is InChI=1S/C17H21NO3/c1-3-18(4-2)10-14-15(19)9-8-12-11-6-5-7-13(11)17(20)21-16(12)14/h8-9,19H,3-7,10H2,1-2H3. The summed E-state index contributed by atoms with van der Waals surface area (Å²) in [6.07, 6.45) is 2.73. The number of aromatic hydroxyl groups is 1. The van der Waals surface area contributed by atoms with E-state index >= 15 is 0 Å². The van der Waals surface area contributed by atoms with Gasteiger partial charge in [-0.25, -0.2) is 4.79 Å². The molecule has 0 aliphatic heterocycles. The van der Waals surface area contributed by atoms with Crippen LogP contribution in [0.25, 0.3) is 11.0 Å². The summed E-state index contributed by atoms with van der Waals surface area (Å²) < 4.78 is 5.56. The Balaban J connectivity index is 2.22. The summed E-state index contributed by atoms with van der Waals surface area (Å²) in [5.74, 6) is 0.204. The van der Waals surface area contributed by atoms with Crippen LogP contribution in [-0.4, -0.2) is 23.1 Å². The van der Waals surface area contributed by atoms with Gasteiger partial charge >= 0.3 is 5.63 Å². The molecule has 4 nitrogen and oxygen atoms in total. The Bertz CT molecular complexity index is 729. The second-order valence-corrected chi connectivity index (χ2v) is 5.60. The van der Waals surface area contributed by atoms with Gasteiger partial charge < -0.3 is 9.52 Å². The number of phenolic OH excluding ortho intramolecular Hbond substituents is 1. The predicted molar refractivity (Wildman–Crippen MR) is 82.8 cm³/mol. The highest BCUT2D eigenvalue weighted by Gasteiger charge is 2.22. The largest absolute Gasteiger partial charge is 0.507 e. The fourth-order valence-electron chi connectivity index (χ4n) is 3.22. The minimum Gasteiger partial charge on any atom is -0.507 e. The molecule has 0 unspecified atom stereocenters. The molecule has 0 amide bonds. The van der Waals surface area contributed by atoms with Crippen molar-refractivity contribution in [1.29, 1.82) is 0 Å². The van der Waals surface area contributed by atoms with Crippen LogP contribution >= 0.6 is 0 Å². The van der Waals surface area contributed by atoms with Crippen LogP contribution in [0.1, 0.15) is 37.0 Å². The van der Waals surface area contributed by atoms with E-state index in [0.29, 0.717) is 12.1 Å². The number of hydrogen-bond donors (Lipinski definition) is 1. The van der Waals surface area contributed by atoms with Gasteiger partial charge in [-0.3, -0.25) is 4.90 Å². The highest BCUT2D eigenvalue weighted by molar-refractivity contribution is 5.86. The Morgan fingerprint density at radius 2 is 1.90 bits per heavy atom. The fraction of sp³-hybridized carbons (Fsp3) is 0.471. The summed E-state index contributed by atoms with van der Waals surface area (Å²) in [5, 5.41) is 11.2. The van der Waals surface area contributed by atoms with Crippen molar-refractivity contribution in [3.63, 3.8) is 0 Å². The van der Waals surface area contributed by atoms with Crippen molar-refractivity contribution in [3.8, 4) is 5.75 Å². The molecular weight excluding hydrogens is 266 g/mol. The first-order valence-corrected chi connectivity index (χ1v) is 7.67. The number of phenols is 1. The van der Waals surface area contributed by atoms with Gasteiger partial charge in [0.15, 0.2) is 0 Å². The minimum atomic E-state index is -0.235. The molecule has 112 valence electrons. The first-order valence-electron chi connectivity index (χ1n) is 7.67. The van der Waals surface area contributed by atoms with Gasteiger partial charge in [0.25, 0.3) is 0 Å². The Hall–Kier alpha value is -1.81. The average molecular weight is 287 g/mol. The van der Waals surface area contributed by atoms with Gasteiger partial charge in [-0.1, -0.05) is 13.8 Å². The molecule has 1 aliphatic rings. The summed E-state index contributed by atoms with van der Waals surface area (Å²) >= 11 is 0. The van der Waals surface area contributed by atoms with Gasteiger partial charge in [0.05, 0.1) is 5.56 Å². The molecule has 1 aromatic heterocycles. The summed E-state index contributed by atoms with van der Waals surface area (Å²) in [4.78, 5) is 14.3. The number of rotatable bonds is 4. The van der Waals surface area contributed by atoms with Gasteiger partial charge in [-0.2, -0.15) is 0 Å². The van der Waals surface area contributed by atoms with E-state index in [2.05, 4.69) is 18.7 Å². The molecule has 21 heavy (non-hydrogen) atoms. The van der Waals surface area contributed by atoms with E-state index in [-0.39, 0.29) is 11.4 Å². The lowest BCUT2D eigenvalue weighted by atomic mass is 10.0. The average Bonchev–Trinajstić information content (AvgIpc) is 2.97. The van der Waals surface area contributed by atoms with Crippen LogP contribution in [0.15, 0.2) is 21.3 Å². The Morgan fingerprint density at radius 1 is 1.19 bits per heavy atom. The van der Waals surface area contributed by atoms with Crippen molar-refractivity contribution in [3.05, 3.63) is 39.2 Å². The zero-order valence-corrected chi connectivity index (χ0v) is 12.6. The van der Waals surface area contributed by atoms with Crippen LogP contribution in [0.2, 0.25) is 0 Å². The summed E-state index contributed by atoms with van der Waals surface area (Å²) in [6.45, 7) is 6.54. The lowest BCUT2D eigenvalue weighted by molar-refractivity contribution is 0.290. The SMILES string of the molecule is CCN(CC)Cc1c(O)ccc2c3c(c(=O)oc12)CCC3. The molecule has 1 heterocycles. The highest BCUT2D eigenvalue weighted by Crippen LogP contribution is 2.33. The first kappa shape index (κ1) is 14.1. The van der Waals surface area contributed by atoms with E-state index in [9.17, 15) is 9.90 Å². The molecule has 4 heteroatoms. The van der Waals surface area contributed by atoms with Gasteiger partial charge in [0.2, 0.25) is 0 Å². The maximum absolute atomic E-state index is 12.2. The lowest BCUT2D eigenvalue weighted by Gasteiger charge is -2.19. The van der Waals surface area contributed by atoms with E-state index in [1.54, 1.807) is 6.07 Å². The number of fused-ring (bicyclic) bond motifs is 3. The minimum absolute atomic E-state index is 0.204. The Labute approximate surface area is 124 Å². The maximum Gasteiger partial charge on any atom is 0.339 e. The molecule has 0 atom stereocenters. The molecular formula is C17H21NO3. The summed E-state index contributed by atoms with van der Waals surface area (Å²) in [6, 6.07) is 3.60. The number of aryl methyl sites for hydroxylation is 1. The molecule has 1 aliphatic carbocycles. The molecule has 3 rings (SSSR count). The smallest absolute Gasteiger partial charge is 0.339 e. The van der Waals surface area contributed by atoms with E-state index in [4.69, 9.17) is 4.42 Å². The molecule has 0 bridgehead atoms. The zero-order valence-electron chi connectivity index (χ0n) is 12.6. The Morgan fingerprint density at radius 3 is 2.62 bits per heavy atom. The molecule has 0 radical (unpaired) electrons. The highest BCUT2D eigenvalue weighted by atomic mass is 16.4. The zero-order chi connectivity index (χ0) is 15.0. The van der Waals surface area contributed by atoms with E-state index in [1.165, 1.54) is 0 Å². The predicted octanol–water partition coefficient (Wildman–Crippen LogP) is 2.83. The first-order chi connectivity index (χ1) is 10.2. The normalized spacial score (nSPS) is 14.0. The third-order valence-electron chi connectivity index (χ3n) is 4.50. The quantitative estimate of drug-likeness (QED) is 0.879. The maximum atomic E-state index is 12.2. The van der Waals surface area contributed by atoms with Gasteiger partial charge in [0, 0.05) is 17.5 Å². The van der Waals surface area contributed by atoms with Crippen molar-refractivity contribution in [2.24, 2.45) is 0 Å². The van der Waals surface area contributed by atoms with Crippen molar-refractivity contribution in [2.45, 2.75) is 39.7 Å². The van der Waals surface area contributed by atoms with Crippen LogP contribution in [0, 0.1) is 0 Å². The van der Waals surface area contributed by atoms with Crippen LogP contribution < -0.4 is 5.63 Å². The second kappa shape index (κ2) is 5.53. The van der Waals surface area contributed by atoms with Crippen molar-refractivity contribution in [2.75, 3.05) is 13.1 Å². The molecule has 2 aromatic rings. The monoisotopic (exact) mass is 287 g/mol. The molecule has 0 saturated carbocycles. The van der Waals surface area contributed by atoms with E-state index < -0.39 is 0 Å². The van der Waals surface area contributed by atoms with E-state index in [1.807, 2.05) is 6.07 Å². The fourth-order valence-corrected chi connectivity index (χ4v) is 3.22. The third-order valence-corrected chi connectivity index (χ3v) is 4.50. The van der Waals surface area contributed by atoms with Crippen LogP contribution in [0.5, 0.6) is 5.75 Å². The van der Waals surface area contributed by atoms with Crippen LogP contribution in [0.4, 0.5) is 0 Å². The number of benzene rings is 1. The molecule has 1 N–H and O–H groups in total. The van der Waals surface area contributed by atoms with Crippen molar-refractivity contribution in [1.82, 2.24) is 4.90 Å². The molecule has 0 fully saturated rings. The van der Waals surface area contributed by atoms with Gasteiger partial charge in [-0.15, -0.1) is 0 Å². The van der Waals surface area contributed by atoms with Crippen molar-refractivity contribution < 1.29 is 9.52 Å². The van der Waals surface area contributed by atoms with Crippen LogP contribution in [0.3, 0.4) is 0 Å². The molecule has 0 saturated heterocycles. The summed E-state index contributed by atoms with van der Waals surface area (Å²) in [5.41, 5.74) is 2.99. The van der Waals surface area contributed by atoms with Gasteiger partial charge in [-0.05, 0) is 50.0 Å². The second-order valence-electron chi connectivity index (χ2n) is 5.60. The van der Waals surface area contributed by atoms with Crippen LogP contribution in [-0.2, 0) is 19.4 Å². The third kappa shape index (κ3) is 2.33. The summed E-state index contributed by atoms with van der Waals surface area (Å²) in [7, 11) is 0. The van der Waals surface area contributed by atoms with Crippen molar-refractivity contribution >= 4 is 11.0 Å². The van der Waals surface area contributed by atoms with Gasteiger partial charge in [0.1, 0.15) is 11.3 Å². The lowest BCUT2D eigenvalue weighted by Crippen LogP contribution is -2.22. The molecule has 1 aromatic carbocycles. The van der Waals surface area contributed by atoms with E-state index in [0.717, 1.165) is 54.4 Å². The number of hydrogen-bond acceptors (Lipinski definition) is 4. The number of nitrogens with zero attached hydrogens (tertiary/aromatic N) is 1. The Kier molecular flexibility index (Phi) is 3.72. The molecule has 0 spiro atoms.